The van der Waals surface area contributed by atoms with Crippen LogP contribution in [0.3, 0.4) is 0 Å². The first-order valence-corrected chi connectivity index (χ1v) is 5.52. The van der Waals surface area contributed by atoms with Crippen molar-refractivity contribution in [2.75, 3.05) is 31.2 Å². The summed E-state index contributed by atoms with van der Waals surface area (Å²) in [5.74, 6) is 0. The van der Waals surface area contributed by atoms with E-state index in [4.69, 9.17) is 15.5 Å². The number of benzene rings is 1. The molecule has 1 aromatic carbocycles. The van der Waals surface area contributed by atoms with Crippen LogP contribution in [0, 0.1) is 11.3 Å². The van der Waals surface area contributed by atoms with E-state index in [1.807, 2.05) is 0 Å². The Hall–Kier alpha value is -1.78. The zero-order valence-corrected chi connectivity index (χ0v) is 9.98. The zero-order chi connectivity index (χ0) is 14.5. The van der Waals surface area contributed by atoms with Crippen molar-refractivity contribution in [2.24, 2.45) is 0 Å². The maximum absolute atomic E-state index is 12.5. The number of aliphatic hydroxyl groups is 2. The molecular formula is C12H13F3N2O2. The monoisotopic (exact) mass is 274 g/mol. The molecule has 1 aromatic rings. The highest BCUT2D eigenvalue weighted by Gasteiger charge is 2.31. The fourth-order valence-electron chi connectivity index (χ4n) is 1.67. The highest BCUT2D eigenvalue weighted by molar-refractivity contribution is 5.60. The van der Waals surface area contributed by atoms with Crippen molar-refractivity contribution < 1.29 is 23.4 Å². The Bertz CT molecular complexity index is 463. The summed E-state index contributed by atoms with van der Waals surface area (Å²) in [4.78, 5) is 1.46. The third kappa shape index (κ3) is 3.84. The van der Waals surface area contributed by atoms with E-state index in [1.165, 1.54) is 11.0 Å². The van der Waals surface area contributed by atoms with Gasteiger partial charge in [-0.25, -0.2) is 0 Å². The first-order valence-electron chi connectivity index (χ1n) is 5.52. The Balaban J connectivity index is 3.18. The summed E-state index contributed by atoms with van der Waals surface area (Å²) >= 11 is 0. The van der Waals surface area contributed by atoms with Gasteiger partial charge in [-0.2, -0.15) is 18.4 Å². The molecule has 0 heterocycles. The molecule has 0 atom stereocenters. The molecule has 1 rings (SSSR count). The first-order chi connectivity index (χ1) is 8.93. The molecule has 0 aliphatic rings. The molecule has 4 nitrogen and oxygen atoms in total. The van der Waals surface area contributed by atoms with Gasteiger partial charge in [0.05, 0.1) is 30.0 Å². The van der Waals surface area contributed by atoms with Crippen LogP contribution in [0.1, 0.15) is 11.1 Å². The normalized spacial score (nSPS) is 11.2. The number of rotatable bonds is 5. The molecule has 0 unspecified atom stereocenters. The van der Waals surface area contributed by atoms with Crippen LogP contribution in [0.15, 0.2) is 18.2 Å². The maximum Gasteiger partial charge on any atom is 0.416 e. The molecule has 0 aromatic heterocycles. The molecule has 0 bridgehead atoms. The molecule has 0 fully saturated rings. The minimum atomic E-state index is -4.51. The second kappa shape index (κ2) is 6.41. The summed E-state index contributed by atoms with van der Waals surface area (Å²) in [6.07, 6.45) is -4.51. The van der Waals surface area contributed by atoms with Crippen LogP contribution < -0.4 is 4.90 Å². The third-order valence-electron chi connectivity index (χ3n) is 2.52. The smallest absolute Gasteiger partial charge is 0.395 e. The molecule has 0 radical (unpaired) electrons. The van der Waals surface area contributed by atoms with Crippen molar-refractivity contribution in [3.8, 4) is 6.07 Å². The van der Waals surface area contributed by atoms with Crippen molar-refractivity contribution in [3.63, 3.8) is 0 Å². The van der Waals surface area contributed by atoms with Gasteiger partial charge in [0.2, 0.25) is 0 Å². The minimum absolute atomic E-state index is 0.126. The van der Waals surface area contributed by atoms with Gasteiger partial charge >= 0.3 is 6.18 Å². The van der Waals surface area contributed by atoms with Crippen molar-refractivity contribution in [1.29, 1.82) is 5.26 Å². The number of alkyl halides is 3. The molecule has 0 amide bonds. The standard InChI is InChI=1S/C12H13F3N2O2/c13-12(14,15)10-1-2-11(9(7-10)8-16)17(3-5-18)4-6-19/h1-2,7,18-19H,3-6H2. The van der Waals surface area contributed by atoms with Gasteiger partial charge in [0, 0.05) is 13.1 Å². The van der Waals surface area contributed by atoms with Gasteiger partial charge in [-0.05, 0) is 18.2 Å². The van der Waals surface area contributed by atoms with Gasteiger partial charge < -0.3 is 15.1 Å². The fraction of sp³-hybridized carbons (Fsp3) is 0.417. The highest BCUT2D eigenvalue weighted by atomic mass is 19.4. The highest BCUT2D eigenvalue weighted by Crippen LogP contribution is 2.32. The lowest BCUT2D eigenvalue weighted by molar-refractivity contribution is -0.137. The van der Waals surface area contributed by atoms with E-state index in [2.05, 4.69) is 0 Å². The summed E-state index contributed by atoms with van der Waals surface area (Å²) in [7, 11) is 0. The zero-order valence-electron chi connectivity index (χ0n) is 9.98. The van der Waals surface area contributed by atoms with Gasteiger partial charge in [-0.1, -0.05) is 0 Å². The quantitative estimate of drug-likeness (QED) is 0.851. The van der Waals surface area contributed by atoms with E-state index in [9.17, 15) is 13.2 Å². The molecule has 7 heteroatoms. The van der Waals surface area contributed by atoms with Crippen LogP contribution in [0.4, 0.5) is 18.9 Å². The number of nitrogens with zero attached hydrogens (tertiary/aromatic N) is 2. The van der Waals surface area contributed by atoms with E-state index < -0.39 is 11.7 Å². The SMILES string of the molecule is N#Cc1cc(C(F)(F)F)ccc1N(CCO)CCO. The van der Waals surface area contributed by atoms with Gasteiger partial charge in [-0.15, -0.1) is 0 Å². The van der Waals surface area contributed by atoms with Crippen LogP contribution in [-0.2, 0) is 6.18 Å². The molecule has 2 N–H and O–H groups in total. The van der Waals surface area contributed by atoms with Gasteiger partial charge in [0.1, 0.15) is 6.07 Å². The summed E-state index contributed by atoms with van der Waals surface area (Å²) in [5.41, 5.74) is -0.781. The maximum atomic E-state index is 12.5. The van der Waals surface area contributed by atoms with Crippen molar-refractivity contribution in [1.82, 2.24) is 0 Å². The Morgan fingerprint density at radius 1 is 1.16 bits per heavy atom. The molecule has 0 spiro atoms. The van der Waals surface area contributed by atoms with Crippen LogP contribution in [-0.4, -0.2) is 36.5 Å². The number of hydrogen-bond acceptors (Lipinski definition) is 4. The Morgan fingerprint density at radius 3 is 2.16 bits per heavy atom. The van der Waals surface area contributed by atoms with E-state index >= 15 is 0 Å². The van der Waals surface area contributed by atoms with Gasteiger partial charge in [-0.3, -0.25) is 0 Å². The van der Waals surface area contributed by atoms with E-state index in [0.29, 0.717) is 0 Å². The van der Waals surface area contributed by atoms with Crippen LogP contribution in [0.5, 0.6) is 0 Å². The Labute approximate surface area is 108 Å². The topological polar surface area (TPSA) is 67.5 Å². The molecule has 19 heavy (non-hydrogen) atoms. The van der Waals surface area contributed by atoms with E-state index in [1.54, 1.807) is 6.07 Å². The molecular weight excluding hydrogens is 261 g/mol. The Morgan fingerprint density at radius 2 is 1.74 bits per heavy atom. The van der Waals surface area contributed by atoms with Crippen LogP contribution in [0.25, 0.3) is 0 Å². The van der Waals surface area contributed by atoms with Crippen LogP contribution in [0.2, 0.25) is 0 Å². The second-order valence-corrected chi connectivity index (χ2v) is 3.78. The number of nitriles is 1. The summed E-state index contributed by atoms with van der Waals surface area (Å²) in [6, 6.07) is 4.51. The summed E-state index contributed by atoms with van der Waals surface area (Å²) in [6.45, 7) is -0.209. The molecule has 0 saturated heterocycles. The average molecular weight is 274 g/mol. The predicted molar refractivity (Wildman–Crippen MR) is 62.5 cm³/mol. The number of hydrogen-bond donors (Lipinski definition) is 2. The molecule has 0 aliphatic carbocycles. The first kappa shape index (κ1) is 15.3. The third-order valence-corrected chi connectivity index (χ3v) is 2.52. The second-order valence-electron chi connectivity index (χ2n) is 3.78. The number of halogens is 3. The summed E-state index contributed by atoms with van der Waals surface area (Å²) < 4.78 is 37.6. The largest absolute Gasteiger partial charge is 0.416 e. The van der Waals surface area contributed by atoms with Crippen molar-refractivity contribution >= 4 is 5.69 Å². The lowest BCUT2D eigenvalue weighted by atomic mass is 10.1. The predicted octanol–water partition coefficient (Wildman–Crippen LogP) is 1.37. The fourth-order valence-corrected chi connectivity index (χ4v) is 1.67. The number of anilines is 1. The van der Waals surface area contributed by atoms with Crippen molar-refractivity contribution in [2.45, 2.75) is 6.18 Å². The van der Waals surface area contributed by atoms with E-state index in [0.717, 1.165) is 12.1 Å². The minimum Gasteiger partial charge on any atom is -0.395 e. The molecule has 0 saturated carbocycles. The molecule has 0 aliphatic heterocycles. The van der Waals surface area contributed by atoms with E-state index in [-0.39, 0.29) is 37.6 Å². The van der Waals surface area contributed by atoms with Crippen LogP contribution >= 0.6 is 0 Å². The average Bonchev–Trinajstić information content (AvgIpc) is 2.36. The molecule has 104 valence electrons. The number of aliphatic hydroxyl groups excluding tert-OH is 2. The lowest BCUT2D eigenvalue weighted by Crippen LogP contribution is -2.30. The Kier molecular flexibility index (Phi) is 5.15. The lowest BCUT2D eigenvalue weighted by Gasteiger charge is -2.24. The summed E-state index contributed by atoms with van der Waals surface area (Å²) in [5, 5.41) is 26.7. The van der Waals surface area contributed by atoms with Gasteiger partial charge in [0.15, 0.2) is 0 Å². The van der Waals surface area contributed by atoms with Gasteiger partial charge in [0.25, 0.3) is 0 Å². The van der Waals surface area contributed by atoms with Crippen molar-refractivity contribution in [3.05, 3.63) is 29.3 Å².